The topological polar surface area (TPSA) is 59.7 Å². The van der Waals surface area contributed by atoms with E-state index in [0.717, 1.165) is 24.6 Å². The Balaban J connectivity index is 2.04. The number of nitrogens with zero attached hydrogens (tertiary/aromatic N) is 6. The maximum Gasteiger partial charge on any atom is 0.175 e. The molecule has 1 saturated heterocycles. The Labute approximate surface area is 137 Å². The lowest BCUT2D eigenvalue weighted by atomic mass is 10.1. The van der Waals surface area contributed by atoms with E-state index >= 15 is 0 Å². The Morgan fingerprint density at radius 1 is 1.04 bits per heavy atom. The van der Waals surface area contributed by atoms with Gasteiger partial charge in [-0.3, -0.25) is 9.88 Å². The number of rotatable bonds is 3. The summed E-state index contributed by atoms with van der Waals surface area (Å²) in [5.41, 5.74) is 0.868. The standard InChI is InChI=1S/C17H26N6/c1-17(2,3)23-16(19-20-21-23)15(14-10-6-7-11-18-14)22-12-8-4-5-9-13-22/h6-7,10-11,15H,4-5,8-9,12-13H2,1-3H3. The molecule has 124 valence electrons. The van der Waals surface area contributed by atoms with Crippen molar-refractivity contribution < 1.29 is 0 Å². The molecular weight excluding hydrogens is 288 g/mol. The van der Waals surface area contributed by atoms with E-state index in [4.69, 9.17) is 0 Å². The molecule has 1 aliphatic rings. The molecule has 2 aromatic heterocycles. The third-order valence-electron chi connectivity index (χ3n) is 4.35. The molecule has 1 atom stereocenters. The number of hydrogen-bond donors (Lipinski definition) is 0. The molecule has 0 N–H and O–H groups in total. The van der Waals surface area contributed by atoms with Gasteiger partial charge in [-0.2, -0.15) is 0 Å². The lowest BCUT2D eigenvalue weighted by molar-refractivity contribution is 0.205. The summed E-state index contributed by atoms with van der Waals surface area (Å²) in [7, 11) is 0. The molecule has 0 aliphatic carbocycles. The minimum atomic E-state index is -0.155. The van der Waals surface area contributed by atoms with E-state index in [9.17, 15) is 0 Å². The first-order valence-electron chi connectivity index (χ1n) is 8.51. The van der Waals surface area contributed by atoms with Crippen LogP contribution in [0, 0.1) is 0 Å². The molecule has 0 amide bonds. The zero-order valence-corrected chi connectivity index (χ0v) is 14.3. The number of pyridine rings is 1. The van der Waals surface area contributed by atoms with Gasteiger partial charge in [0.2, 0.25) is 0 Å². The fourth-order valence-corrected chi connectivity index (χ4v) is 3.22. The van der Waals surface area contributed by atoms with Crippen LogP contribution in [0.2, 0.25) is 0 Å². The summed E-state index contributed by atoms with van der Waals surface area (Å²) in [5.74, 6) is 0.887. The number of aromatic nitrogens is 5. The molecule has 0 spiro atoms. The molecule has 1 fully saturated rings. The fourth-order valence-electron chi connectivity index (χ4n) is 3.22. The van der Waals surface area contributed by atoms with Gasteiger partial charge in [-0.1, -0.05) is 18.9 Å². The molecule has 0 aromatic carbocycles. The Hall–Kier alpha value is -1.82. The van der Waals surface area contributed by atoms with Crippen molar-refractivity contribution in [2.75, 3.05) is 13.1 Å². The predicted octanol–water partition coefficient (Wildman–Crippen LogP) is 2.79. The number of tetrazole rings is 1. The second-order valence-corrected chi connectivity index (χ2v) is 7.23. The molecule has 3 heterocycles. The third-order valence-corrected chi connectivity index (χ3v) is 4.35. The Kier molecular flexibility index (Phi) is 4.71. The molecule has 23 heavy (non-hydrogen) atoms. The molecule has 2 aromatic rings. The van der Waals surface area contributed by atoms with Gasteiger partial charge < -0.3 is 0 Å². The summed E-state index contributed by atoms with van der Waals surface area (Å²) in [6.07, 6.45) is 6.90. The largest absolute Gasteiger partial charge is 0.288 e. The predicted molar refractivity (Wildman–Crippen MR) is 88.9 cm³/mol. The van der Waals surface area contributed by atoms with Crippen LogP contribution in [-0.4, -0.2) is 43.2 Å². The quantitative estimate of drug-likeness (QED) is 0.872. The van der Waals surface area contributed by atoms with E-state index in [1.807, 2.05) is 23.0 Å². The van der Waals surface area contributed by atoms with E-state index in [-0.39, 0.29) is 11.6 Å². The van der Waals surface area contributed by atoms with Gasteiger partial charge in [0, 0.05) is 6.20 Å². The molecular formula is C17H26N6. The molecule has 6 nitrogen and oxygen atoms in total. The van der Waals surface area contributed by atoms with Crippen LogP contribution in [0.3, 0.4) is 0 Å². The van der Waals surface area contributed by atoms with Crippen molar-refractivity contribution in [3.8, 4) is 0 Å². The maximum atomic E-state index is 4.61. The monoisotopic (exact) mass is 314 g/mol. The Morgan fingerprint density at radius 2 is 1.78 bits per heavy atom. The van der Waals surface area contributed by atoms with Crippen LogP contribution in [0.5, 0.6) is 0 Å². The number of hydrogen-bond acceptors (Lipinski definition) is 5. The van der Waals surface area contributed by atoms with Gasteiger partial charge in [-0.05, 0) is 69.3 Å². The minimum Gasteiger partial charge on any atom is -0.288 e. The molecule has 3 rings (SSSR count). The van der Waals surface area contributed by atoms with Gasteiger partial charge in [0.1, 0.15) is 6.04 Å². The highest BCUT2D eigenvalue weighted by Gasteiger charge is 2.32. The first kappa shape index (κ1) is 16.1. The molecule has 1 aliphatic heterocycles. The zero-order chi connectivity index (χ0) is 16.3. The van der Waals surface area contributed by atoms with Crippen molar-refractivity contribution in [1.29, 1.82) is 0 Å². The maximum absolute atomic E-state index is 4.61. The van der Waals surface area contributed by atoms with Crippen molar-refractivity contribution in [2.45, 2.75) is 58.0 Å². The zero-order valence-electron chi connectivity index (χ0n) is 14.3. The second kappa shape index (κ2) is 6.74. The van der Waals surface area contributed by atoms with Crippen LogP contribution in [0.15, 0.2) is 24.4 Å². The van der Waals surface area contributed by atoms with E-state index in [0.29, 0.717) is 0 Å². The normalized spacial score (nSPS) is 18.6. The lowest BCUT2D eigenvalue weighted by Gasteiger charge is -2.31. The highest BCUT2D eigenvalue weighted by atomic mass is 15.6. The summed E-state index contributed by atoms with van der Waals surface area (Å²) >= 11 is 0. The SMILES string of the molecule is CC(C)(C)n1nnnc1C(c1ccccn1)N1CCCCCC1. The van der Waals surface area contributed by atoms with Crippen molar-refractivity contribution in [1.82, 2.24) is 30.1 Å². The first-order valence-corrected chi connectivity index (χ1v) is 8.51. The summed E-state index contributed by atoms with van der Waals surface area (Å²) in [4.78, 5) is 7.10. The first-order chi connectivity index (χ1) is 11.1. The summed E-state index contributed by atoms with van der Waals surface area (Å²) in [6.45, 7) is 8.52. The van der Waals surface area contributed by atoms with Gasteiger partial charge in [-0.25, -0.2) is 4.68 Å². The molecule has 0 bridgehead atoms. The second-order valence-electron chi connectivity index (χ2n) is 7.23. The third kappa shape index (κ3) is 3.58. The Morgan fingerprint density at radius 3 is 2.39 bits per heavy atom. The molecule has 0 radical (unpaired) electrons. The van der Waals surface area contributed by atoms with E-state index in [1.165, 1.54) is 25.7 Å². The van der Waals surface area contributed by atoms with Crippen LogP contribution >= 0.6 is 0 Å². The fraction of sp³-hybridized carbons (Fsp3) is 0.647. The van der Waals surface area contributed by atoms with Gasteiger partial charge in [-0.15, -0.1) is 5.10 Å². The Bertz CT molecular complexity index is 608. The van der Waals surface area contributed by atoms with Crippen LogP contribution in [-0.2, 0) is 5.54 Å². The lowest BCUT2D eigenvalue weighted by Crippen LogP contribution is -2.36. The van der Waals surface area contributed by atoms with Crippen LogP contribution in [0.4, 0.5) is 0 Å². The van der Waals surface area contributed by atoms with E-state index in [2.05, 4.69) is 52.2 Å². The number of likely N-dealkylation sites (tertiary alicyclic amines) is 1. The summed E-state index contributed by atoms with van der Waals surface area (Å²) < 4.78 is 1.94. The van der Waals surface area contributed by atoms with Gasteiger partial charge in [0.05, 0.1) is 11.2 Å². The molecule has 0 saturated carbocycles. The minimum absolute atomic E-state index is 0.0172. The van der Waals surface area contributed by atoms with Crippen LogP contribution < -0.4 is 0 Å². The van der Waals surface area contributed by atoms with E-state index in [1.54, 1.807) is 0 Å². The molecule has 6 heteroatoms. The van der Waals surface area contributed by atoms with Crippen molar-refractivity contribution in [3.63, 3.8) is 0 Å². The highest BCUT2D eigenvalue weighted by Crippen LogP contribution is 2.30. The van der Waals surface area contributed by atoms with Crippen LogP contribution in [0.1, 0.15) is 64.0 Å². The van der Waals surface area contributed by atoms with Crippen molar-refractivity contribution in [3.05, 3.63) is 35.9 Å². The molecule has 1 unspecified atom stereocenters. The highest BCUT2D eigenvalue weighted by molar-refractivity contribution is 5.18. The van der Waals surface area contributed by atoms with Gasteiger partial charge in [0.15, 0.2) is 5.82 Å². The van der Waals surface area contributed by atoms with Crippen LogP contribution in [0.25, 0.3) is 0 Å². The van der Waals surface area contributed by atoms with Gasteiger partial charge in [0.25, 0.3) is 0 Å². The summed E-state index contributed by atoms with van der Waals surface area (Å²) in [5, 5.41) is 12.6. The van der Waals surface area contributed by atoms with E-state index < -0.39 is 0 Å². The smallest absolute Gasteiger partial charge is 0.175 e. The summed E-state index contributed by atoms with van der Waals surface area (Å²) in [6, 6.07) is 6.09. The van der Waals surface area contributed by atoms with Gasteiger partial charge >= 0.3 is 0 Å². The average Bonchev–Trinajstić information content (AvgIpc) is 2.86. The van der Waals surface area contributed by atoms with Crippen molar-refractivity contribution >= 4 is 0 Å². The average molecular weight is 314 g/mol. The van der Waals surface area contributed by atoms with Crippen molar-refractivity contribution in [2.24, 2.45) is 0 Å².